The van der Waals surface area contributed by atoms with Gasteiger partial charge in [0.25, 0.3) is 5.79 Å². The van der Waals surface area contributed by atoms with E-state index >= 15 is 0 Å². The van der Waals surface area contributed by atoms with Crippen molar-refractivity contribution in [2.75, 3.05) is 19.7 Å². The molecule has 2 aromatic heterocycles. The topological polar surface area (TPSA) is 102 Å². The molecule has 1 unspecified atom stereocenters. The summed E-state index contributed by atoms with van der Waals surface area (Å²) in [7, 11) is 0.637. The van der Waals surface area contributed by atoms with Crippen LogP contribution in [-0.4, -0.2) is 64.6 Å². The number of aromatic nitrogens is 3. The van der Waals surface area contributed by atoms with Crippen LogP contribution in [-0.2, 0) is 29.7 Å². The number of aliphatic hydroxyl groups is 2. The van der Waals surface area contributed by atoms with Gasteiger partial charge in [0, 0.05) is 50.3 Å². The molecule has 41 heavy (non-hydrogen) atoms. The highest BCUT2D eigenvalue weighted by atomic mass is 35.5. The summed E-state index contributed by atoms with van der Waals surface area (Å²) in [6, 6.07) is 15.1. The lowest BCUT2D eigenvalue weighted by Crippen LogP contribution is -2.47. The Kier molecular flexibility index (Phi) is 7.01. The van der Waals surface area contributed by atoms with Crippen molar-refractivity contribution in [1.29, 1.82) is 0 Å². The predicted octanol–water partition coefficient (Wildman–Crippen LogP) is 3.79. The van der Waals surface area contributed by atoms with E-state index in [0.29, 0.717) is 37.4 Å². The minimum atomic E-state index is -1.51. The number of rotatable bonds is 9. The Labute approximate surface area is 245 Å². The fourth-order valence-corrected chi connectivity index (χ4v) is 7.18. The third kappa shape index (κ3) is 5.24. The summed E-state index contributed by atoms with van der Waals surface area (Å²) in [4.78, 5) is 11.8. The van der Waals surface area contributed by atoms with Crippen molar-refractivity contribution >= 4 is 32.2 Å². The maximum Gasteiger partial charge on any atom is 0.292 e. The predicted molar refractivity (Wildman–Crippen MR) is 154 cm³/mol. The molecule has 2 saturated heterocycles. The molecular formula is C30H31ClN4O5Si. The van der Waals surface area contributed by atoms with Crippen molar-refractivity contribution in [3.63, 3.8) is 0 Å². The number of likely N-dealkylation sites (tertiary alicyclic amines) is 1. The van der Waals surface area contributed by atoms with Gasteiger partial charge in [0.2, 0.25) is 0 Å². The van der Waals surface area contributed by atoms with E-state index in [1.807, 2.05) is 37.3 Å². The highest BCUT2D eigenvalue weighted by Gasteiger charge is 2.42. The van der Waals surface area contributed by atoms with Crippen LogP contribution in [0.3, 0.4) is 0 Å². The molecule has 0 spiro atoms. The van der Waals surface area contributed by atoms with E-state index in [9.17, 15) is 10.2 Å². The molecule has 3 aliphatic rings. The summed E-state index contributed by atoms with van der Waals surface area (Å²) in [5.74, 6) is 2.01. The first-order valence-electron chi connectivity index (χ1n) is 13.9. The molecule has 2 N–H and O–H groups in total. The fraction of sp³-hybridized carbons (Fsp3) is 0.400. The smallest absolute Gasteiger partial charge is 0.292 e. The number of para-hydroxylation sites is 1. The molecule has 4 aromatic rings. The van der Waals surface area contributed by atoms with E-state index in [4.69, 9.17) is 30.8 Å². The summed E-state index contributed by atoms with van der Waals surface area (Å²) < 4.78 is 20.5. The van der Waals surface area contributed by atoms with E-state index in [-0.39, 0.29) is 0 Å². The van der Waals surface area contributed by atoms with Gasteiger partial charge in [-0.2, -0.15) is 0 Å². The fourth-order valence-electron chi connectivity index (χ4n) is 5.78. The van der Waals surface area contributed by atoms with Crippen LogP contribution >= 0.6 is 11.6 Å². The highest BCUT2D eigenvalue weighted by molar-refractivity contribution is 6.36. The first-order valence-corrected chi connectivity index (χ1v) is 15.6. The minimum absolute atomic E-state index is 0.316. The number of benzene rings is 2. The third-order valence-corrected chi connectivity index (χ3v) is 9.72. The maximum atomic E-state index is 9.72. The lowest BCUT2D eigenvalue weighted by Gasteiger charge is -2.39. The van der Waals surface area contributed by atoms with Crippen molar-refractivity contribution in [3.8, 4) is 11.5 Å². The van der Waals surface area contributed by atoms with Gasteiger partial charge in [0.15, 0.2) is 17.8 Å². The molecule has 5 heterocycles. The molecule has 2 fully saturated rings. The van der Waals surface area contributed by atoms with E-state index in [1.54, 1.807) is 18.3 Å². The number of hydrogen-bond donors (Lipinski definition) is 2. The normalized spacial score (nSPS) is 22.3. The summed E-state index contributed by atoms with van der Waals surface area (Å²) in [6.45, 7) is 5.37. The van der Waals surface area contributed by atoms with Crippen LogP contribution in [0, 0.1) is 5.92 Å². The highest BCUT2D eigenvalue weighted by Crippen LogP contribution is 2.46. The Bertz CT molecular complexity index is 1570. The van der Waals surface area contributed by atoms with Crippen LogP contribution in [0.4, 0.5) is 0 Å². The Hall–Kier alpha value is -2.99. The van der Waals surface area contributed by atoms with Crippen LogP contribution in [0.1, 0.15) is 42.3 Å². The van der Waals surface area contributed by atoms with Gasteiger partial charge >= 0.3 is 0 Å². The second kappa shape index (κ2) is 10.7. The lowest BCUT2D eigenvalue weighted by molar-refractivity contribution is -0.0722. The first-order chi connectivity index (χ1) is 19.8. The molecule has 0 saturated carbocycles. The van der Waals surface area contributed by atoms with Crippen molar-refractivity contribution in [3.05, 3.63) is 82.4 Å². The van der Waals surface area contributed by atoms with Gasteiger partial charge in [-0.3, -0.25) is 9.88 Å². The summed E-state index contributed by atoms with van der Waals surface area (Å²) in [5, 5.41) is 20.0. The van der Waals surface area contributed by atoms with Crippen molar-refractivity contribution in [1.82, 2.24) is 19.4 Å². The van der Waals surface area contributed by atoms with Crippen LogP contribution in [0.15, 0.2) is 54.7 Å². The zero-order valence-electron chi connectivity index (χ0n) is 22.7. The van der Waals surface area contributed by atoms with Crippen molar-refractivity contribution in [2.24, 2.45) is 5.92 Å². The summed E-state index contributed by atoms with van der Waals surface area (Å²) in [6.07, 6.45) is 2.90. The number of halogens is 1. The van der Waals surface area contributed by atoms with Gasteiger partial charge in [-0.05, 0) is 54.7 Å². The molecule has 0 amide bonds. The van der Waals surface area contributed by atoms with E-state index in [0.717, 1.165) is 79.2 Å². The SMILES string of the molecule is CC1(c2ccc(Cl)cn2)Oc2cccc(CC3CN(Cc4nc5ccc(C(O)O)cc5n4C[Si][C@@H]4CCO4)C3)c2O1. The van der Waals surface area contributed by atoms with Gasteiger partial charge in [0.05, 0.1) is 22.6 Å². The second-order valence-corrected chi connectivity index (χ2v) is 12.9. The Morgan fingerprint density at radius 3 is 2.73 bits per heavy atom. The van der Waals surface area contributed by atoms with Gasteiger partial charge in [-0.25, -0.2) is 4.98 Å². The number of fused-ring (bicyclic) bond motifs is 2. The van der Waals surface area contributed by atoms with Gasteiger partial charge in [0.1, 0.15) is 21.0 Å². The van der Waals surface area contributed by atoms with Gasteiger partial charge in [-0.1, -0.05) is 29.8 Å². The molecule has 7 rings (SSSR count). The van der Waals surface area contributed by atoms with Crippen molar-refractivity contribution in [2.45, 2.75) is 50.3 Å². The molecule has 2 radical (unpaired) electrons. The van der Waals surface area contributed by atoms with Crippen LogP contribution in [0.25, 0.3) is 11.0 Å². The number of nitrogens with zero attached hydrogens (tertiary/aromatic N) is 4. The quantitative estimate of drug-likeness (QED) is 0.224. The number of aliphatic hydroxyl groups excluding tert-OH is 1. The molecule has 2 atom stereocenters. The number of imidazole rings is 1. The van der Waals surface area contributed by atoms with Crippen LogP contribution in [0.5, 0.6) is 11.5 Å². The van der Waals surface area contributed by atoms with E-state index in [1.165, 1.54) is 0 Å². The molecular weight excluding hydrogens is 560 g/mol. The van der Waals surface area contributed by atoms with Crippen LogP contribution in [0.2, 0.25) is 5.02 Å². The summed E-state index contributed by atoms with van der Waals surface area (Å²) in [5.41, 5.74) is 4.40. The Balaban J connectivity index is 1.03. The molecule has 9 nitrogen and oxygen atoms in total. The second-order valence-electron chi connectivity index (χ2n) is 11.1. The molecule has 0 bridgehead atoms. The minimum Gasteiger partial charge on any atom is -0.443 e. The number of ether oxygens (including phenoxy) is 3. The molecule has 0 aliphatic carbocycles. The van der Waals surface area contributed by atoms with Crippen molar-refractivity contribution < 1.29 is 24.4 Å². The molecule has 212 valence electrons. The van der Waals surface area contributed by atoms with Crippen LogP contribution < -0.4 is 9.47 Å². The first kappa shape index (κ1) is 26.9. The molecule has 2 aromatic carbocycles. The zero-order chi connectivity index (χ0) is 28.1. The lowest BCUT2D eigenvalue weighted by atomic mass is 9.91. The molecule has 3 aliphatic heterocycles. The monoisotopic (exact) mass is 590 g/mol. The zero-order valence-corrected chi connectivity index (χ0v) is 24.4. The average Bonchev–Trinajstić information content (AvgIpc) is 3.44. The summed E-state index contributed by atoms with van der Waals surface area (Å²) >= 11 is 6.03. The van der Waals surface area contributed by atoms with E-state index < -0.39 is 12.1 Å². The molecule has 11 heteroatoms. The largest absolute Gasteiger partial charge is 0.443 e. The Morgan fingerprint density at radius 2 is 2.00 bits per heavy atom. The number of hydrogen-bond acceptors (Lipinski definition) is 8. The third-order valence-electron chi connectivity index (χ3n) is 8.09. The standard InChI is InChI=1S/C30H31ClN4O5Si/c1-30(25-8-6-21(31)13-32-25)39-24-4-2-3-19(28(24)40-30)11-18-14-34(15-18)16-26-33-22-7-5-20(29(36)37)12-23(22)35(26)17-41-27-9-10-38-27/h2-8,12-13,18,27,29,36-37H,9-11,14-17H2,1H3/t27-,30?/m1/s1. The Morgan fingerprint density at radius 1 is 1.15 bits per heavy atom. The average molecular weight is 591 g/mol. The van der Waals surface area contributed by atoms with Gasteiger partial charge in [-0.15, -0.1) is 0 Å². The maximum absolute atomic E-state index is 9.72. The number of pyridine rings is 1. The van der Waals surface area contributed by atoms with Gasteiger partial charge < -0.3 is 29.0 Å². The van der Waals surface area contributed by atoms with E-state index in [2.05, 4.69) is 20.5 Å².